The van der Waals surface area contributed by atoms with Gasteiger partial charge in [-0.2, -0.15) is 4.52 Å². The maximum Gasteiger partial charge on any atom is 0.247 e. The van der Waals surface area contributed by atoms with Crippen molar-refractivity contribution in [1.29, 1.82) is 0 Å². The van der Waals surface area contributed by atoms with Crippen LogP contribution in [-0.4, -0.2) is 20.5 Å². The Morgan fingerprint density at radius 3 is 2.95 bits per heavy atom. The van der Waals surface area contributed by atoms with Gasteiger partial charge in [0, 0.05) is 40.4 Å². The Balaban J connectivity index is 1.90. The molecule has 0 atom stereocenters. The van der Waals surface area contributed by atoms with Crippen LogP contribution in [0, 0.1) is 3.83 Å². The molecule has 0 bridgehead atoms. The van der Waals surface area contributed by atoms with Crippen molar-refractivity contribution in [2.45, 2.75) is 0 Å². The van der Waals surface area contributed by atoms with Crippen LogP contribution in [0.25, 0.3) is 5.65 Å². The zero-order valence-electron chi connectivity index (χ0n) is 11.4. The van der Waals surface area contributed by atoms with Crippen molar-refractivity contribution in [2.75, 3.05) is 5.32 Å². The summed E-state index contributed by atoms with van der Waals surface area (Å²) in [6.07, 6.45) is 1.21. The largest absolute Gasteiger partial charge is 0.439 e. The van der Waals surface area contributed by atoms with Crippen molar-refractivity contribution in [1.82, 2.24) is 14.6 Å². The Hall–Kier alpha value is -2.42. The molecule has 0 radical (unpaired) electrons. The molecule has 0 saturated heterocycles. The Morgan fingerprint density at radius 2 is 2.14 bits per heavy atom. The van der Waals surface area contributed by atoms with E-state index in [1.165, 1.54) is 6.08 Å². The first-order valence-electron chi connectivity index (χ1n) is 6.38. The Morgan fingerprint density at radius 1 is 1.32 bits per heavy atom. The number of hydrogen-bond acceptors (Lipinski definition) is 4. The number of carbonyl (C=O) groups excluding carboxylic acids is 1. The molecule has 1 aromatic carbocycles. The van der Waals surface area contributed by atoms with E-state index in [2.05, 4.69) is 22.0 Å². The number of fused-ring (bicyclic) bond motifs is 1. The lowest BCUT2D eigenvalue weighted by Crippen LogP contribution is -2.07. The summed E-state index contributed by atoms with van der Waals surface area (Å²) in [6.45, 7) is 3.42. The van der Waals surface area contributed by atoms with Crippen LogP contribution in [0.5, 0.6) is 11.6 Å². The van der Waals surface area contributed by atoms with Gasteiger partial charge in [-0.25, -0.2) is 4.98 Å². The maximum absolute atomic E-state index is 11.3. The zero-order chi connectivity index (χ0) is 15.5. The minimum Gasteiger partial charge on any atom is -0.439 e. The third-order valence-electron chi connectivity index (χ3n) is 2.81. The van der Waals surface area contributed by atoms with Crippen LogP contribution in [0.15, 0.2) is 55.1 Å². The number of hydrogen-bond donors (Lipinski definition) is 1. The monoisotopic (exact) mass is 406 g/mol. The Bertz CT molecular complexity index is 860. The SMILES string of the molecule is C=CC(=O)Nc1cccc(Oc2cccc3nc(I)nn23)c1. The Labute approximate surface area is 140 Å². The number of amides is 1. The molecule has 2 heterocycles. The molecule has 1 amide bonds. The van der Waals surface area contributed by atoms with Gasteiger partial charge >= 0.3 is 0 Å². The molecule has 1 N–H and O–H groups in total. The number of nitrogens with one attached hydrogen (secondary N) is 1. The molecule has 0 aliphatic rings. The number of carbonyl (C=O) groups is 1. The predicted octanol–water partition coefficient (Wildman–Crippen LogP) is 3.25. The summed E-state index contributed by atoms with van der Waals surface area (Å²) in [5.41, 5.74) is 1.33. The third-order valence-corrected chi connectivity index (χ3v) is 3.27. The highest BCUT2D eigenvalue weighted by molar-refractivity contribution is 14.1. The summed E-state index contributed by atoms with van der Waals surface area (Å²) < 4.78 is 8.10. The van der Waals surface area contributed by atoms with Gasteiger partial charge in [0.05, 0.1) is 0 Å². The van der Waals surface area contributed by atoms with E-state index < -0.39 is 0 Å². The molecule has 0 unspecified atom stereocenters. The van der Waals surface area contributed by atoms with Gasteiger partial charge in [-0.1, -0.05) is 18.7 Å². The van der Waals surface area contributed by atoms with E-state index in [1.807, 2.05) is 34.7 Å². The molecule has 0 spiro atoms. The van der Waals surface area contributed by atoms with Crippen molar-refractivity contribution in [3.05, 3.63) is 59.0 Å². The molecule has 6 nitrogen and oxygen atoms in total. The number of ether oxygens (including phenoxy) is 1. The third kappa shape index (κ3) is 3.08. The van der Waals surface area contributed by atoms with Crippen molar-refractivity contribution < 1.29 is 9.53 Å². The minimum absolute atomic E-state index is 0.273. The number of nitrogens with zero attached hydrogens (tertiary/aromatic N) is 3. The summed E-state index contributed by atoms with van der Waals surface area (Å²) >= 11 is 2.05. The first-order valence-corrected chi connectivity index (χ1v) is 7.46. The van der Waals surface area contributed by atoms with Gasteiger partial charge in [0.25, 0.3) is 0 Å². The van der Waals surface area contributed by atoms with Crippen LogP contribution in [0.1, 0.15) is 0 Å². The van der Waals surface area contributed by atoms with E-state index in [0.29, 0.717) is 26.8 Å². The van der Waals surface area contributed by atoms with E-state index in [4.69, 9.17) is 4.74 Å². The molecule has 3 aromatic rings. The molecule has 0 saturated carbocycles. The van der Waals surface area contributed by atoms with E-state index in [0.717, 1.165) is 0 Å². The lowest BCUT2D eigenvalue weighted by Gasteiger charge is -2.08. The summed E-state index contributed by atoms with van der Waals surface area (Å²) in [6, 6.07) is 12.6. The van der Waals surface area contributed by atoms with E-state index in [-0.39, 0.29) is 5.91 Å². The van der Waals surface area contributed by atoms with Gasteiger partial charge in [0.2, 0.25) is 15.6 Å². The molecule has 0 fully saturated rings. The molecular weight excluding hydrogens is 395 g/mol. The molecule has 0 aliphatic heterocycles. The summed E-state index contributed by atoms with van der Waals surface area (Å²) in [5, 5.41) is 6.96. The summed E-state index contributed by atoms with van der Waals surface area (Å²) in [7, 11) is 0. The van der Waals surface area contributed by atoms with Gasteiger partial charge in [-0.15, -0.1) is 5.10 Å². The number of rotatable bonds is 4. The molecule has 110 valence electrons. The van der Waals surface area contributed by atoms with Crippen molar-refractivity contribution in [3.8, 4) is 11.6 Å². The van der Waals surface area contributed by atoms with E-state index in [1.54, 1.807) is 34.8 Å². The number of pyridine rings is 1. The highest BCUT2D eigenvalue weighted by Crippen LogP contribution is 2.24. The fraction of sp³-hybridized carbons (Fsp3) is 0. The lowest BCUT2D eigenvalue weighted by atomic mass is 10.3. The second-order valence-electron chi connectivity index (χ2n) is 4.34. The average Bonchev–Trinajstić information content (AvgIpc) is 2.89. The Kier molecular flexibility index (Phi) is 4.05. The molecular formula is C15H11IN4O2. The van der Waals surface area contributed by atoms with E-state index >= 15 is 0 Å². The molecule has 2 aromatic heterocycles. The number of benzene rings is 1. The predicted molar refractivity (Wildman–Crippen MR) is 91.0 cm³/mol. The number of halogens is 1. The quantitative estimate of drug-likeness (QED) is 0.534. The molecule has 0 aliphatic carbocycles. The van der Waals surface area contributed by atoms with Crippen LogP contribution in [0.3, 0.4) is 0 Å². The zero-order valence-corrected chi connectivity index (χ0v) is 13.5. The first-order chi connectivity index (χ1) is 10.7. The average molecular weight is 406 g/mol. The topological polar surface area (TPSA) is 68.5 Å². The van der Waals surface area contributed by atoms with Crippen molar-refractivity contribution in [2.24, 2.45) is 0 Å². The molecule has 7 heteroatoms. The molecule has 3 rings (SSSR count). The van der Waals surface area contributed by atoms with Crippen LogP contribution in [0.4, 0.5) is 5.69 Å². The van der Waals surface area contributed by atoms with Crippen LogP contribution >= 0.6 is 22.6 Å². The van der Waals surface area contributed by atoms with Gasteiger partial charge in [-0.3, -0.25) is 4.79 Å². The second kappa shape index (κ2) is 6.14. The van der Waals surface area contributed by atoms with Crippen LogP contribution in [0.2, 0.25) is 0 Å². The first kappa shape index (κ1) is 14.5. The van der Waals surface area contributed by atoms with E-state index in [9.17, 15) is 4.79 Å². The van der Waals surface area contributed by atoms with Crippen molar-refractivity contribution in [3.63, 3.8) is 0 Å². The maximum atomic E-state index is 11.3. The molecule has 22 heavy (non-hydrogen) atoms. The highest BCUT2D eigenvalue weighted by Gasteiger charge is 2.07. The van der Waals surface area contributed by atoms with Crippen molar-refractivity contribution >= 4 is 39.8 Å². The standard InChI is InChI=1S/C15H11IN4O2/c1-2-13(21)17-10-5-3-6-11(9-10)22-14-8-4-7-12-18-15(16)19-20(12)14/h2-9H,1H2,(H,17,21). The van der Waals surface area contributed by atoms with Gasteiger partial charge in [-0.05, 0) is 24.3 Å². The lowest BCUT2D eigenvalue weighted by molar-refractivity contribution is -0.111. The van der Waals surface area contributed by atoms with Gasteiger partial charge < -0.3 is 10.1 Å². The fourth-order valence-corrected chi connectivity index (χ4v) is 2.35. The summed E-state index contributed by atoms with van der Waals surface area (Å²) in [4.78, 5) is 15.6. The number of aromatic nitrogens is 3. The van der Waals surface area contributed by atoms with Crippen LogP contribution < -0.4 is 10.1 Å². The summed E-state index contributed by atoms with van der Waals surface area (Å²) in [5.74, 6) is 0.852. The van der Waals surface area contributed by atoms with Crippen LogP contribution in [-0.2, 0) is 4.79 Å². The highest BCUT2D eigenvalue weighted by atomic mass is 127. The second-order valence-corrected chi connectivity index (χ2v) is 5.30. The van der Waals surface area contributed by atoms with Gasteiger partial charge in [0.1, 0.15) is 5.75 Å². The fourth-order valence-electron chi connectivity index (χ4n) is 1.88. The number of anilines is 1. The van der Waals surface area contributed by atoms with Gasteiger partial charge in [0.15, 0.2) is 5.65 Å². The normalized spacial score (nSPS) is 10.4. The minimum atomic E-state index is -0.273. The smallest absolute Gasteiger partial charge is 0.247 e.